The number of thioether (sulfide) groups is 1. The zero-order chi connectivity index (χ0) is 19.4. The van der Waals surface area contributed by atoms with Gasteiger partial charge in [-0.2, -0.15) is 4.68 Å². The van der Waals surface area contributed by atoms with Crippen LogP contribution in [0.25, 0.3) is 5.69 Å². The number of nitrogens with one attached hydrogen (secondary N) is 1. The van der Waals surface area contributed by atoms with Gasteiger partial charge in [-0.25, -0.2) is 0 Å². The summed E-state index contributed by atoms with van der Waals surface area (Å²) in [6.45, 7) is 3.71. The number of carbonyl (C=O) groups is 1. The molecule has 0 aliphatic carbocycles. The Morgan fingerprint density at radius 2 is 2.00 bits per heavy atom. The highest BCUT2D eigenvalue weighted by molar-refractivity contribution is 8.00. The van der Waals surface area contributed by atoms with Crippen molar-refractivity contribution in [1.29, 1.82) is 0 Å². The molecule has 9 heteroatoms. The molecular formula is C18H18ClN5O2S. The third-order valence-electron chi connectivity index (χ3n) is 3.87. The van der Waals surface area contributed by atoms with Crippen molar-refractivity contribution in [2.75, 3.05) is 12.4 Å². The standard InChI is InChI=1S/C18H18ClN5O2S/c1-11-4-5-13(19)10-16(11)20-17(25)12(2)27-18-21-22-23-24(18)14-6-8-15(26-3)9-7-14/h4-10,12H,1-3H3,(H,20,25)/t12-/m0/s1. The Balaban J connectivity index is 1.72. The lowest BCUT2D eigenvalue weighted by atomic mass is 10.2. The number of carbonyl (C=O) groups excluding carboxylic acids is 1. The topological polar surface area (TPSA) is 81.9 Å². The number of methoxy groups -OCH3 is 1. The molecule has 0 bridgehead atoms. The molecule has 27 heavy (non-hydrogen) atoms. The second-order valence-electron chi connectivity index (χ2n) is 5.78. The molecule has 0 unspecified atom stereocenters. The molecule has 1 heterocycles. The van der Waals surface area contributed by atoms with E-state index in [-0.39, 0.29) is 5.91 Å². The van der Waals surface area contributed by atoms with Gasteiger partial charge >= 0.3 is 0 Å². The Labute approximate surface area is 166 Å². The summed E-state index contributed by atoms with van der Waals surface area (Å²) >= 11 is 7.28. The van der Waals surface area contributed by atoms with Crippen molar-refractivity contribution in [3.63, 3.8) is 0 Å². The van der Waals surface area contributed by atoms with E-state index in [9.17, 15) is 4.79 Å². The van der Waals surface area contributed by atoms with Crippen molar-refractivity contribution in [3.8, 4) is 11.4 Å². The molecule has 7 nitrogen and oxygen atoms in total. The van der Waals surface area contributed by atoms with Crippen LogP contribution in [0, 0.1) is 6.92 Å². The van der Waals surface area contributed by atoms with Crippen LogP contribution in [0.3, 0.4) is 0 Å². The number of hydrogen-bond donors (Lipinski definition) is 1. The zero-order valence-electron chi connectivity index (χ0n) is 15.0. The van der Waals surface area contributed by atoms with E-state index < -0.39 is 5.25 Å². The minimum absolute atomic E-state index is 0.158. The number of aromatic nitrogens is 4. The molecule has 3 aromatic rings. The number of rotatable bonds is 6. The quantitative estimate of drug-likeness (QED) is 0.631. The minimum Gasteiger partial charge on any atom is -0.497 e. The summed E-state index contributed by atoms with van der Waals surface area (Å²) < 4.78 is 6.74. The van der Waals surface area contributed by atoms with E-state index in [2.05, 4.69) is 20.8 Å². The molecule has 140 valence electrons. The predicted molar refractivity (Wildman–Crippen MR) is 106 cm³/mol. The molecule has 0 radical (unpaired) electrons. The number of tetrazole rings is 1. The summed E-state index contributed by atoms with van der Waals surface area (Å²) in [6, 6.07) is 12.7. The highest BCUT2D eigenvalue weighted by Crippen LogP contribution is 2.26. The van der Waals surface area contributed by atoms with E-state index >= 15 is 0 Å². The van der Waals surface area contributed by atoms with Crippen LogP contribution in [0.4, 0.5) is 5.69 Å². The molecule has 2 aromatic carbocycles. The first-order valence-corrected chi connectivity index (χ1v) is 9.40. The van der Waals surface area contributed by atoms with E-state index in [1.807, 2.05) is 37.3 Å². The van der Waals surface area contributed by atoms with Gasteiger partial charge in [0.05, 0.1) is 18.0 Å². The SMILES string of the molecule is COc1ccc(-n2nnnc2S[C@@H](C)C(=O)Nc2cc(Cl)ccc2C)cc1. The molecule has 0 aliphatic rings. The maximum absolute atomic E-state index is 12.6. The highest BCUT2D eigenvalue weighted by atomic mass is 35.5. The Hall–Kier alpha value is -2.58. The van der Waals surface area contributed by atoms with E-state index in [1.165, 1.54) is 11.8 Å². The predicted octanol–water partition coefficient (Wildman–Crippen LogP) is 3.75. The van der Waals surface area contributed by atoms with Crippen LogP contribution in [0.5, 0.6) is 5.75 Å². The first kappa shape index (κ1) is 19.2. The molecule has 0 saturated carbocycles. The van der Waals surface area contributed by atoms with Gasteiger partial charge < -0.3 is 10.1 Å². The Morgan fingerprint density at radius 1 is 1.26 bits per heavy atom. The van der Waals surface area contributed by atoms with Gasteiger partial charge in [0.1, 0.15) is 5.75 Å². The molecular weight excluding hydrogens is 386 g/mol. The third-order valence-corrected chi connectivity index (χ3v) is 5.13. The summed E-state index contributed by atoms with van der Waals surface area (Å²) in [5.74, 6) is 0.584. The van der Waals surface area contributed by atoms with Gasteiger partial charge in [-0.05, 0) is 66.2 Å². The lowest BCUT2D eigenvalue weighted by Gasteiger charge is -2.13. The van der Waals surface area contributed by atoms with Gasteiger partial charge in [-0.1, -0.05) is 29.4 Å². The Kier molecular flexibility index (Phi) is 5.98. The number of aryl methyl sites for hydroxylation is 1. The molecule has 1 aromatic heterocycles. The van der Waals surface area contributed by atoms with Crippen LogP contribution in [-0.2, 0) is 4.79 Å². The van der Waals surface area contributed by atoms with Crippen molar-refractivity contribution in [1.82, 2.24) is 20.2 Å². The minimum atomic E-state index is -0.411. The van der Waals surface area contributed by atoms with Crippen LogP contribution in [0.2, 0.25) is 5.02 Å². The Bertz CT molecular complexity index is 945. The van der Waals surface area contributed by atoms with E-state index in [0.717, 1.165) is 17.0 Å². The molecule has 0 spiro atoms. The summed E-state index contributed by atoms with van der Waals surface area (Å²) in [4.78, 5) is 12.6. The second kappa shape index (κ2) is 8.41. The number of ether oxygens (including phenoxy) is 1. The van der Waals surface area contributed by atoms with Crippen LogP contribution in [-0.4, -0.2) is 38.5 Å². The lowest BCUT2D eigenvalue weighted by molar-refractivity contribution is -0.115. The van der Waals surface area contributed by atoms with Crippen molar-refractivity contribution in [2.24, 2.45) is 0 Å². The number of amides is 1. The molecule has 1 amide bonds. The van der Waals surface area contributed by atoms with Crippen molar-refractivity contribution >= 4 is 35.0 Å². The third kappa shape index (κ3) is 4.58. The van der Waals surface area contributed by atoms with Crippen LogP contribution in [0.15, 0.2) is 47.6 Å². The largest absolute Gasteiger partial charge is 0.497 e. The van der Waals surface area contributed by atoms with Gasteiger partial charge in [-0.3, -0.25) is 4.79 Å². The molecule has 1 N–H and O–H groups in total. The van der Waals surface area contributed by atoms with Crippen molar-refractivity contribution in [3.05, 3.63) is 53.1 Å². The van der Waals surface area contributed by atoms with Gasteiger partial charge in [0.15, 0.2) is 0 Å². The lowest BCUT2D eigenvalue weighted by Crippen LogP contribution is -2.23. The van der Waals surface area contributed by atoms with E-state index in [0.29, 0.717) is 15.9 Å². The molecule has 3 rings (SSSR count). The van der Waals surface area contributed by atoms with Gasteiger partial charge in [0.25, 0.3) is 0 Å². The van der Waals surface area contributed by atoms with Crippen LogP contribution in [0.1, 0.15) is 12.5 Å². The molecule has 0 fully saturated rings. The van der Waals surface area contributed by atoms with Gasteiger partial charge in [-0.15, -0.1) is 5.10 Å². The normalized spacial score (nSPS) is 11.9. The first-order chi connectivity index (χ1) is 13.0. The van der Waals surface area contributed by atoms with Gasteiger partial charge in [0, 0.05) is 10.7 Å². The van der Waals surface area contributed by atoms with Crippen LogP contribution >= 0.6 is 23.4 Å². The van der Waals surface area contributed by atoms with Crippen LogP contribution < -0.4 is 10.1 Å². The average molecular weight is 404 g/mol. The van der Waals surface area contributed by atoms with E-state index in [1.54, 1.807) is 30.8 Å². The number of nitrogens with zero attached hydrogens (tertiary/aromatic N) is 4. The molecule has 1 atom stereocenters. The second-order valence-corrected chi connectivity index (χ2v) is 7.52. The summed E-state index contributed by atoms with van der Waals surface area (Å²) in [6.07, 6.45) is 0. The molecule has 0 saturated heterocycles. The average Bonchev–Trinajstić information content (AvgIpc) is 3.12. The van der Waals surface area contributed by atoms with E-state index in [4.69, 9.17) is 16.3 Å². The number of anilines is 1. The monoisotopic (exact) mass is 403 g/mol. The first-order valence-electron chi connectivity index (χ1n) is 8.14. The smallest absolute Gasteiger partial charge is 0.237 e. The maximum Gasteiger partial charge on any atom is 0.237 e. The number of hydrogen-bond acceptors (Lipinski definition) is 6. The number of benzene rings is 2. The summed E-state index contributed by atoms with van der Waals surface area (Å²) in [5, 5.41) is 15.3. The van der Waals surface area contributed by atoms with Gasteiger partial charge in [0.2, 0.25) is 11.1 Å². The zero-order valence-corrected chi connectivity index (χ0v) is 16.6. The summed E-state index contributed by atoms with van der Waals surface area (Å²) in [5.41, 5.74) is 2.41. The summed E-state index contributed by atoms with van der Waals surface area (Å²) in [7, 11) is 1.61. The van der Waals surface area contributed by atoms with Crippen molar-refractivity contribution < 1.29 is 9.53 Å². The fourth-order valence-electron chi connectivity index (χ4n) is 2.31. The molecule has 0 aliphatic heterocycles. The maximum atomic E-state index is 12.6. The fraction of sp³-hybridized carbons (Fsp3) is 0.222. The highest BCUT2D eigenvalue weighted by Gasteiger charge is 2.20. The number of halogens is 1. The fourth-order valence-corrected chi connectivity index (χ4v) is 3.29. The Morgan fingerprint density at radius 3 is 2.70 bits per heavy atom. The van der Waals surface area contributed by atoms with Crippen molar-refractivity contribution in [2.45, 2.75) is 24.3 Å².